The SMILES string of the molecule is COc1ccc(C)cc1NC(=O)C(CO)C(C)C. The lowest BCUT2D eigenvalue weighted by atomic mass is 9.96. The van der Waals surface area contributed by atoms with E-state index in [0.717, 1.165) is 5.56 Å². The fourth-order valence-corrected chi connectivity index (χ4v) is 1.74. The largest absolute Gasteiger partial charge is 0.495 e. The highest BCUT2D eigenvalue weighted by Crippen LogP contribution is 2.26. The van der Waals surface area contributed by atoms with Gasteiger partial charge in [-0.1, -0.05) is 19.9 Å². The molecule has 4 heteroatoms. The van der Waals surface area contributed by atoms with E-state index in [4.69, 9.17) is 4.74 Å². The van der Waals surface area contributed by atoms with Crippen molar-refractivity contribution in [2.75, 3.05) is 19.0 Å². The van der Waals surface area contributed by atoms with E-state index in [1.165, 1.54) is 0 Å². The zero-order chi connectivity index (χ0) is 13.7. The van der Waals surface area contributed by atoms with E-state index in [0.29, 0.717) is 11.4 Å². The summed E-state index contributed by atoms with van der Waals surface area (Å²) in [4.78, 5) is 12.0. The normalized spacial score (nSPS) is 12.3. The third-order valence-electron chi connectivity index (χ3n) is 2.95. The molecule has 1 atom stereocenters. The molecule has 1 rings (SSSR count). The number of benzene rings is 1. The minimum Gasteiger partial charge on any atom is -0.495 e. The lowest BCUT2D eigenvalue weighted by Gasteiger charge is -2.19. The molecule has 0 radical (unpaired) electrons. The number of aliphatic hydroxyl groups is 1. The first kappa shape index (κ1) is 14.5. The van der Waals surface area contributed by atoms with E-state index in [9.17, 15) is 9.90 Å². The molecule has 0 heterocycles. The van der Waals surface area contributed by atoms with Crippen molar-refractivity contribution in [2.45, 2.75) is 20.8 Å². The van der Waals surface area contributed by atoms with Crippen molar-refractivity contribution in [1.29, 1.82) is 0 Å². The van der Waals surface area contributed by atoms with Crippen LogP contribution < -0.4 is 10.1 Å². The maximum Gasteiger partial charge on any atom is 0.230 e. The summed E-state index contributed by atoms with van der Waals surface area (Å²) in [7, 11) is 1.56. The molecule has 0 aliphatic carbocycles. The number of hydrogen-bond donors (Lipinski definition) is 2. The van der Waals surface area contributed by atoms with Gasteiger partial charge in [-0.05, 0) is 30.5 Å². The van der Waals surface area contributed by atoms with Gasteiger partial charge < -0.3 is 15.2 Å². The monoisotopic (exact) mass is 251 g/mol. The molecular formula is C14H21NO3. The molecule has 1 unspecified atom stereocenters. The molecule has 0 spiro atoms. The van der Waals surface area contributed by atoms with Gasteiger partial charge in [-0.25, -0.2) is 0 Å². The molecule has 0 saturated heterocycles. The number of aliphatic hydroxyl groups excluding tert-OH is 1. The summed E-state index contributed by atoms with van der Waals surface area (Å²) in [6.07, 6.45) is 0. The van der Waals surface area contributed by atoms with Gasteiger partial charge in [-0.3, -0.25) is 4.79 Å². The molecule has 0 fully saturated rings. The van der Waals surface area contributed by atoms with Gasteiger partial charge in [0.25, 0.3) is 0 Å². The summed E-state index contributed by atoms with van der Waals surface area (Å²) in [5.74, 6) is 0.117. The van der Waals surface area contributed by atoms with Crippen molar-refractivity contribution in [2.24, 2.45) is 11.8 Å². The maximum absolute atomic E-state index is 12.0. The Morgan fingerprint density at radius 3 is 2.61 bits per heavy atom. The molecule has 0 bridgehead atoms. The smallest absolute Gasteiger partial charge is 0.230 e. The van der Waals surface area contributed by atoms with E-state index in [2.05, 4.69) is 5.32 Å². The predicted molar refractivity (Wildman–Crippen MR) is 71.8 cm³/mol. The van der Waals surface area contributed by atoms with Crippen molar-refractivity contribution in [1.82, 2.24) is 0 Å². The Morgan fingerprint density at radius 1 is 1.44 bits per heavy atom. The van der Waals surface area contributed by atoms with Crippen molar-refractivity contribution >= 4 is 11.6 Å². The van der Waals surface area contributed by atoms with Crippen molar-refractivity contribution in [3.05, 3.63) is 23.8 Å². The van der Waals surface area contributed by atoms with Gasteiger partial charge in [0.1, 0.15) is 5.75 Å². The Morgan fingerprint density at radius 2 is 2.11 bits per heavy atom. The van der Waals surface area contributed by atoms with Gasteiger partial charge >= 0.3 is 0 Å². The number of hydrogen-bond acceptors (Lipinski definition) is 3. The summed E-state index contributed by atoms with van der Waals surface area (Å²) in [5.41, 5.74) is 1.68. The predicted octanol–water partition coefficient (Wildman–Crippen LogP) is 2.21. The van der Waals surface area contributed by atoms with Gasteiger partial charge in [-0.2, -0.15) is 0 Å². The topological polar surface area (TPSA) is 58.6 Å². The van der Waals surface area contributed by atoms with Crippen LogP contribution in [0.5, 0.6) is 5.75 Å². The fourth-order valence-electron chi connectivity index (χ4n) is 1.74. The average molecular weight is 251 g/mol. The standard InChI is InChI=1S/C14H21NO3/c1-9(2)11(8-16)14(17)15-12-7-10(3)5-6-13(12)18-4/h5-7,9,11,16H,8H2,1-4H3,(H,15,17). The maximum atomic E-state index is 12.0. The first-order valence-electron chi connectivity index (χ1n) is 6.06. The van der Waals surface area contributed by atoms with Crippen LogP contribution in [0.3, 0.4) is 0 Å². The van der Waals surface area contributed by atoms with Crippen LogP contribution in [-0.2, 0) is 4.79 Å². The summed E-state index contributed by atoms with van der Waals surface area (Å²) in [6.45, 7) is 5.61. The van der Waals surface area contributed by atoms with E-state index in [1.54, 1.807) is 7.11 Å². The van der Waals surface area contributed by atoms with Gasteiger partial charge in [-0.15, -0.1) is 0 Å². The first-order valence-corrected chi connectivity index (χ1v) is 6.06. The lowest BCUT2D eigenvalue weighted by molar-refractivity contribution is -0.122. The molecule has 18 heavy (non-hydrogen) atoms. The number of rotatable bonds is 5. The molecule has 4 nitrogen and oxygen atoms in total. The van der Waals surface area contributed by atoms with Crippen LogP contribution in [-0.4, -0.2) is 24.7 Å². The highest BCUT2D eigenvalue weighted by Gasteiger charge is 2.22. The number of aryl methyl sites for hydroxylation is 1. The number of carbonyl (C=O) groups is 1. The zero-order valence-electron chi connectivity index (χ0n) is 11.4. The number of ether oxygens (including phenoxy) is 1. The highest BCUT2D eigenvalue weighted by atomic mass is 16.5. The molecule has 0 saturated carbocycles. The summed E-state index contributed by atoms with van der Waals surface area (Å²) in [5, 5.41) is 12.0. The summed E-state index contributed by atoms with van der Waals surface area (Å²) < 4.78 is 5.20. The molecule has 1 aromatic rings. The fraction of sp³-hybridized carbons (Fsp3) is 0.500. The number of nitrogens with one attached hydrogen (secondary N) is 1. The van der Waals surface area contributed by atoms with Crippen LogP contribution >= 0.6 is 0 Å². The van der Waals surface area contributed by atoms with Crippen molar-refractivity contribution in [3.63, 3.8) is 0 Å². The van der Waals surface area contributed by atoms with E-state index in [-0.39, 0.29) is 18.4 Å². The highest BCUT2D eigenvalue weighted by molar-refractivity contribution is 5.94. The van der Waals surface area contributed by atoms with E-state index in [1.807, 2.05) is 39.0 Å². The lowest BCUT2D eigenvalue weighted by Crippen LogP contribution is -2.29. The van der Waals surface area contributed by atoms with Crippen molar-refractivity contribution < 1.29 is 14.6 Å². The Bertz CT molecular complexity index is 416. The van der Waals surface area contributed by atoms with Gasteiger partial charge in [0.05, 0.1) is 25.3 Å². The van der Waals surface area contributed by atoms with E-state index >= 15 is 0 Å². The minimum absolute atomic E-state index is 0.0887. The van der Waals surface area contributed by atoms with Crippen LogP contribution in [0.15, 0.2) is 18.2 Å². The molecule has 1 amide bonds. The van der Waals surface area contributed by atoms with E-state index < -0.39 is 5.92 Å². The molecule has 1 aromatic carbocycles. The Balaban J connectivity index is 2.89. The number of methoxy groups -OCH3 is 1. The third-order valence-corrected chi connectivity index (χ3v) is 2.95. The van der Waals surface area contributed by atoms with Crippen LogP contribution in [0.2, 0.25) is 0 Å². The van der Waals surface area contributed by atoms with Gasteiger partial charge in [0.15, 0.2) is 0 Å². The molecule has 0 aliphatic heterocycles. The second-order valence-corrected chi connectivity index (χ2v) is 4.73. The van der Waals surface area contributed by atoms with Crippen molar-refractivity contribution in [3.8, 4) is 5.75 Å². The minimum atomic E-state index is -0.407. The second-order valence-electron chi connectivity index (χ2n) is 4.73. The zero-order valence-corrected chi connectivity index (χ0v) is 11.4. The summed E-state index contributed by atoms with van der Waals surface area (Å²) in [6, 6.07) is 5.58. The van der Waals surface area contributed by atoms with Crippen LogP contribution in [0, 0.1) is 18.8 Å². The molecule has 100 valence electrons. The van der Waals surface area contributed by atoms with Crippen LogP contribution in [0.4, 0.5) is 5.69 Å². The quantitative estimate of drug-likeness (QED) is 0.843. The Labute approximate surface area is 108 Å². The Kier molecular flexibility index (Phi) is 5.16. The molecule has 0 aromatic heterocycles. The Hall–Kier alpha value is -1.55. The third kappa shape index (κ3) is 3.47. The van der Waals surface area contributed by atoms with Gasteiger partial charge in [0.2, 0.25) is 5.91 Å². The van der Waals surface area contributed by atoms with Gasteiger partial charge in [0, 0.05) is 0 Å². The number of amides is 1. The molecular weight excluding hydrogens is 230 g/mol. The average Bonchev–Trinajstić information content (AvgIpc) is 2.29. The second kappa shape index (κ2) is 6.40. The molecule has 0 aliphatic rings. The number of anilines is 1. The molecule has 2 N–H and O–H groups in total. The number of carbonyl (C=O) groups excluding carboxylic acids is 1. The van der Waals surface area contributed by atoms with Crippen LogP contribution in [0.1, 0.15) is 19.4 Å². The summed E-state index contributed by atoms with van der Waals surface area (Å²) >= 11 is 0. The first-order chi connectivity index (χ1) is 8.49. The van der Waals surface area contributed by atoms with Crippen LogP contribution in [0.25, 0.3) is 0 Å².